The number of hydrogen-bond donors (Lipinski definition) is 0. The molecule has 3 fully saturated rings. The third-order valence-electron chi connectivity index (χ3n) is 8.49. The number of cyclic esters (lactones) is 1. The van der Waals surface area contributed by atoms with Gasteiger partial charge in [-0.25, -0.2) is 4.79 Å². The van der Waals surface area contributed by atoms with E-state index in [0.29, 0.717) is 29.8 Å². The Morgan fingerprint density at radius 2 is 1.96 bits per heavy atom. The molecule has 130 valence electrons. The third kappa shape index (κ3) is 1.70. The SMILES string of the molecule is C[C@]12COC(=O)C=C1C=C[C@@H]1[C@@H]2CC[C@@]2(C)[C@H]1CC[C@@]21CCCO1. The normalized spacial score (nSPS) is 52.5. The first-order chi connectivity index (χ1) is 11.5. The molecule has 3 aliphatic carbocycles. The molecule has 0 aromatic heterocycles. The zero-order valence-electron chi connectivity index (χ0n) is 14.8. The predicted octanol–water partition coefficient (Wildman–Crippen LogP) is 4.04. The number of carbonyl (C=O) groups excluding carboxylic acids is 1. The van der Waals surface area contributed by atoms with Crippen LogP contribution in [0.1, 0.15) is 52.4 Å². The van der Waals surface area contributed by atoms with Gasteiger partial charge in [0, 0.05) is 18.1 Å². The molecule has 0 amide bonds. The van der Waals surface area contributed by atoms with E-state index in [9.17, 15) is 4.79 Å². The van der Waals surface area contributed by atoms with Crippen molar-refractivity contribution in [3.8, 4) is 0 Å². The minimum Gasteiger partial charge on any atom is -0.462 e. The molecule has 0 aromatic rings. The average molecular weight is 328 g/mol. The van der Waals surface area contributed by atoms with E-state index in [1.807, 2.05) is 0 Å². The minimum atomic E-state index is -0.176. The van der Waals surface area contributed by atoms with Crippen LogP contribution in [0.3, 0.4) is 0 Å². The van der Waals surface area contributed by atoms with Crippen LogP contribution >= 0.6 is 0 Å². The maximum atomic E-state index is 11.7. The van der Waals surface area contributed by atoms with Crippen LogP contribution in [0.5, 0.6) is 0 Å². The molecule has 2 aliphatic heterocycles. The molecular formula is C21H28O3. The molecular weight excluding hydrogens is 300 g/mol. The summed E-state index contributed by atoms with van der Waals surface area (Å²) < 4.78 is 11.8. The molecule has 24 heavy (non-hydrogen) atoms. The number of allylic oxidation sites excluding steroid dienone is 2. The van der Waals surface area contributed by atoms with E-state index in [1.165, 1.54) is 44.1 Å². The van der Waals surface area contributed by atoms with E-state index in [0.717, 1.165) is 6.61 Å². The van der Waals surface area contributed by atoms with Crippen LogP contribution in [0.25, 0.3) is 0 Å². The Labute approximate surface area is 144 Å². The summed E-state index contributed by atoms with van der Waals surface area (Å²) in [5.74, 6) is 1.73. The zero-order chi connectivity index (χ0) is 16.6. The molecule has 6 atom stereocenters. The number of hydrogen-bond acceptors (Lipinski definition) is 3. The zero-order valence-corrected chi connectivity index (χ0v) is 14.8. The van der Waals surface area contributed by atoms with Crippen molar-refractivity contribution < 1.29 is 14.3 Å². The van der Waals surface area contributed by atoms with Crippen LogP contribution in [-0.4, -0.2) is 24.8 Å². The van der Waals surface area contributed by atoms with E-state index in [2.05, 4.69) is 26.0 Å². The van der Waals surface area contributed by atoms with Gasteiger partial charge >= 0.3 is 5.97 Å². The van der Waals surface area contributed by atoms with Crippen molar-refractivity contribution >= 4 is 5.97 Å². The Balaban J connectivity index is 1.54. The fraction of sp³-hybridized carbons (Fsp3) is 0.762. The molecule has 5 rings (SSSR count). The highest BCUT2D eigenvalue weighted by atomic mass is 16.5. The Hall–Kier alpha value is -1.09. The Morgan fingerprint density at radius 1 is 1.12 bits per heavy atom. The number of carbonyl (C=O) groups is 1. The Bertz CT molecular complexity index is 641. The third-order valence-corrected chi connectivity index (χ3v) is 8.49. The second-order valence-corrected chi connectivity index (χ2v) is 9.22. The smallest absolute Gasteiger partial charge is 0.331 e. The first-order valence-corrected chi connectivity index (χ1v) is 9.70. The summed E-state index contributed by atoms with van der Waals surface area (Å²) in [6.45, 7) is 6.32. The van der Waals surface area contributed by atoms with E-state index in [-0.39, 0.29) is 17.0 Å². The van der Waals surface area contributed by atoms with E-state index in [4.69, 9.17) is 9.47 Å². The monoisotopic (exact) mass is 328 g/mol. The van der Waals surface area contributed by atoms with Crippen molar-refractivity contribution in [1.82, 2.24) is 0 Å². The van der Waals surface area contributed by atoms with Crippen molar-refractivity contribution in [1.29, 1.82) is 0 Å². The summed E-state index contributed by atoms with van der Waals surface area (Å²) >= 11 is 0. The molecule has 3 nitrogen and oxygen atoms in total. The van der Waals surface area contributed by atoms with Crippen molar-refractivity contribution in [2.75, 3.05) is 13.2 Å². The summed E-state index contributed by atoms with van der Waals surface area (Å²) in [5, 5.41) is 0. The molecule has 3 heteroatoms. The van der Waals surface area contributed by atoms with Crippen LogP contribution in [0.4, 0.5) is 0 Å². The second kappa shape index (κ2) is 4.75. The van der Waals surface area contributed by atoms with Gasteiger partial charge in [-0.05, 0) is 67.3 Å². The van der Waals surface area contributed by atoms with Gasteiger partial charge in [0.1, 0.15) is 6.61 Å². The second-order valence-electron chi connectivity index (χ2n) is 9.22. The number of esters is 1. The van der Waals surface area contributed by atoms with Gasteiger partial charge in [0.2, 0.25) is 0 Å². The summed E-state index contributed by atoms with van der Waals surface area (Å²) in [4.78, 5) is 11.7. The highest BCUT2D eigenvalue weighted by Crippen LogP contribution is 2.67. The van der Waals surface area contributed by atoms with Gasteiger partial charge in [0.05, 0.1) is 5.60 Å². The van der Waals surface area contributed by atoms with Crippen LogP contribution < -0.4 is 0 Å². The average Bonchev–Trinajstić information content (AvgIpc) is 3.15. The maximum Gasteiger partial charge on any atom is 0.331 e. The van der Waals surface area contributed by atoms with Gasteiger partial charge in [-0.3, -0.25) is 0 Å². The molecule has 0 bridgehead atoms. The molecule has 1 saturated heterocycles. The molecule has 5 aliphatic rings. The van der Waals surface area contributed by atoms with Gasteiger partial charge < -0.3 is 9.47 Å². The molecule has 0 aromatic carbocycles. The van der Waals surface area contributed by atoms with Crippen LogP contribution in [0.15, 0.2) is 23.8 Å². The summed E-state index contributed by atoms with van der Waals surface area (Å²) in [6.07, 6.45) is 13.9. The van der Waals surface area contributed by atoms with Gasteiger partial charge in [-0.1, -0.05) is 26.0 Å². The lowest BCUT2D eigenvalue weighted by molar-refractivity contribution is -0.149. The molecule has 1 spiro atoms. The first kappa shape index (κ1) is 15.2. The molecule has 0 radical (unpaired) electrons. The Kier molecular flexibility index (Phi) is 3.01. The lowest BCUT2D eigenvalue weighted by Crippen LogP contribution is -2.54. The highest BCUT2D eigenvalue weighted by molar-refractivity contribution is 5.85. The minimum absolute atomic E-state index is 0.000936. The van der Waals surface area contributed by atoms with Gasteiger partial charge in [-0.2, -0.15) is 0 Å². The topological polar surface area (TPSA) is 35.5 Å². The van der Waals surface area contributed by atoms with Gasteiger partial charge in [0.15, 0.2) is 0 Å². The summed E-state index contributed by atoms with van der Waals surface area (Å²) in [6, 6.07) is 0. The van der Waals surface area contributed by atoms with E-state index in [1.54, 1.807) is 6.08 Å². The highest BCUT2D eigenvalue weighted by Gasteiger charge is 2.65. The lowest BCUT2D eigenvalue weighted by Gasteiger charge is -2.57. The quantitative estimate of drug-likeness (QED) is 0.630. The number of ether oxygens (including phenoxy) is 2. The largest absolute Gasteiger partial charge is 0.462 e. The van der Waals surface area contributed by atoms with E-state index >= 15 is 0 Å². The number of rotatable bonds is 0. The van der Waals surface area contributed by atoms with Crippen molar-refractivity contribution in [3.05, 3.63) is 23.8 Å². The van der Waals surface area contributed by atoms with Gasteiger partial charge in [-0.15, -0.1) is 0 Å². The van der Waals surface area contributed by atoms with E-state index < -0.39 is 0 Å². The molecule has 2 saturated carbocycles. The molecule has 0 unspecified atom stereocenters. The molecule has 2 heterocycles. The van der Waals surface area contributed by atoms with Crippen molar-refractivity contribution in [3.63, 3.8) is 0 Å². The van der Waals surface area contributed by atoms with Crippen LogP contribution in [0, 0.1) is 28.6 Å². The fourth-order valence-electron chi connectivity index (χ4n) is 7.06. The van der Waals surface area contributed by atoms with Crippen LogP contribution in [0.2, 0.25) is 0 Å². The van der Waals surface area contributed by atoms with Crippen molar-refractivity contribution in [2.45, 2.75) is 58.0 Å². The summed E-state index contributed by atoms with van der Waals surface area (Å²) in [5.41, 5.74) is 1.65. The molecule has 0 N–H and O–H groups in total. The van der Waals surface area contributed by atoms with Crippen molar-refractivity contribution in [2.24, 2.45) is 28.6 Å². The standard InChI is InChI=1S/C21H28O3/c1-19-13-23-18(22)12-14(19)4-5-15-16(19)6-9-20(2)17(15)7-10-21(20)8-3-11-24-21/h4-5,12,15-17H,3,6-11,13H2,1-2H3/t15-,16+,17+,19+,20+,21+/m1/s1. The maximum absolute atomic E-state index is 11.7. The number of fused-ring (bicyclic) bond motifs is 6. The summed E-state index contributed by atoms with van der Waals surface area (Å²) in [7, 11) is 0. The van der Waals surface area contributed by atoms with Gasteiger partial charge in [0.25, 0.3) is 0 Å². The fourth-order valence-corrected chi connectivity index (χ4v) is 7.06. The Morgan fingerprint density at radius 3 is 2.75 bits per heavy atom. The lowest BCUT2D eigenvalue weighted by atomic mass is 9.49. The first-order valence-electron chi connectivity index (χ1n) is 9.70. The van der Waals surface area contributed by atoms with Crippen LogP contribution in [-0.2, 0) is 14.3 Å². The predicted molar refractivity (Wildman–Crippen MR) is 91.3 cm³/mol.